The number of Topliss-reactive ketones (excluding diaryl/α,β-unsaturated/α-hetero) is 1. The number of hydrogen-bond acceptors (Lipinski definition) is 3. The zero-order valence-electron chi connectivity index (χ0n) is 13.4. The Morgan fingerprint density at radius 1 is 0.957 bits per heavy atom. The van der Waals surface area contributed by atoms with E-state index in [4.69, 9.17) is 4.74 Å². The van der Waals surface area contributed by atoms with Crippen molar-refractivity contribution < 1.29 is 14.3 Å². The quantitative estimate of drug-likeness (QED) is 0.690. The molecular formula is C20H22O3. The number of hydrogen-bond donors (Lipinski definition) is 0. The third-order valence-electron chi connectivity index (χ3n) is 3.73. The number of carbonyl (C=O) groups is 2. The monoisotopic (exact) mass is 310 g/mol. The summed E-state index contributed by atoms with van der Waals surface area (Å²) in [6.07, 6.45) is 2.04. The van der Waals surface area contributed by atoms with E-state index in [1.807, 2.05) is 36.4 Å². The topological polar surface area (TPSA) is 43.4 Å². The molecule has 3 heteroatoms. The van der Waals surface area contributed by atoms with Crippen LogP contribution in [0.2, 0.25) is 0 Å². The summed E-state index contributed by atoms with van der Waals surface area (Å²) in [6, 6.07) is 19.0. The summed E-state index contributed by atoms with van der Waals surface area (Å²) < 4.78 is 5.44. The van der Waals surface area contributed by atoms with Gasteiger partial charge in [0, 0.05) is 6.42 Å². The number of carbonyl (C=O) groups excluding carboxylic acids is 2. The highest BCUT2D eigenvalue weighted by Gasteiger charge is 2.15. The molecule has 23 heavy (non-hydrogen) atoms. The Hall–Kier alpha value is -2.42. The zero-order valence-corrected chi connectivity index (χ0v) is 13.4. The molecule has 0 aliphatic rings. The van der Waals surface area contributed by atoms with E-state index in [-0.39, 0.29) is 17.7 Å². The van der Waals surface area contributed by atoms with Gasteiger partial charge >= 0.3 is 5.97 Å². The molecule has 2 rings (SSSR count). The first-order chi connectivity index (χ1) is 11.1. The molecule has 0 aromatic heterocycles. The van der Waals surface area contributed by atoms with E-state index < -0.39 is 0 Å². The van der Waals surface area contributed by atoms with Crippen LogP contribution in [0.5, 0.6) is 0 Å². The van der Waals surface area contributed by atoms with Crippen LogP contribution in [0.1, 0.15) is 35.7 Å². The fourth-order valence-electron chi connectivity index (χ4n) is 2.45. The molecule has 2 aromatic carbocycles. The molecule has 0 fully saturated rings. The first kappa shape index (κ1) is 16.9. The highest BCUT2D eigenvalue weighted by molar-refractivity contribution is 5.89. The van der Waals surface area contributed by atoms with Gasteiger partial charge < -0.3 is 9.53 Å². The molecule has 0 unspecified atom stereocenters. The number of benzene rings is 2. The number of esters is 1. The molecule has 0 bridgehead atoms. The maximum Gasteiger partial charge on any atom is 0.338 e. The van der Waals surface area contributed by atoms with Gasteiger partial charge in [-0.2, -0.15) is 0 Å². The van der Waals surface area contributed by atoms with Crippen molar-refractivity contribution in [3.05, 3.63) is 71.8 Å². The molecule has 0 saturated heterocycles. The molecule has 120 valence electrons. The van der Waals surface area contributed by atoms with Gasteiger partial charge in [-0.3, -0.25) is 0 Å². The van der Waals surface area contributed by atoms with Crippen LogP contribution in [-0.4, -0.2) is 18.4 Å². The van der Waals surface area contributed by atoms with Crippen LogP contribution in [0.25, 0.3) is 0 Å². The molecule has 0 aliphatic carbocycles. The molecule has 0 aliphatic heterocycles. The second-order valence-electron chi connectivity index (χ2n) is 5.76. The third kappa shape index (κ3) is 6.07. The predicted molar refractivity (Wildman–Crippen MR) is 90.3 cm³/mol. The lowest BCUT2D eigenvalue weighted by molar-refractivity contribution is -0.117. The molecule has 2 aromatic rings. The van der Waals surface area contributed by atoms with Gasteiger partial charge in [0.1, 0.15) is 5.78 Å². The van der Waals surface area contributed by atoms with E-state index in [0.717, 1.165) is 12.8 Å². The van der Waals surface area contributed by atoms with Gasteiger partial charge in [-0.1, -0.05) is 48.5 Å². The van der Waals surface area contributed by atoms with Crippen LogP contribution in [0.15, 0.2) is 60.7 Å². The van der Waals surface area contributed by atoms with Crippen molar-refractivity contribution in [2.75, 3.05) is 6.61 Å². The van der Waals surface area contributed by atoms with Gasteiger partial charge in [0.25, 0.3) is 0 Å². The van der Waals surface area contributed by atoms with Crippen molar-refractivity contribution in [3.63, 3.8) is 0 Å². The molecule has 1 atom stereocenters. The summed E-state index contributed by atoms with van der Waals surface area (Å²) in [5, 5.41) is 0. The lowest BCUT2D eigenvalue weighted by atomic mass is 9.94. The smallest absolute Gasteiger partial charge is 0.338 e. The molecule has 0 amide bonds. The molecule has 0 radical (unpaired) electrons. The highest BCUT2D eigenvalue weighted by atomic mass is 16.5. The van der Waals surface area contributed by atoms with Crippen LogP contribution in [0.4, 0.5) is 0 Å². The largest absolute Gasteiger partial charge is 0.462 e. The average molecular weight is 310 g/mol. The Labute approximate surface area is 137 Å². The molecule has 3 nitrogen and oxygen atoms in total. The highest BCUT2D eigenvalue weighted by Crippen LogP contribution is 2.16. The van der Waals surface area contributed by atoms with Gasteiger partial charge in [-0.15, -0.1) is 0 Å². The molecule has 0 spiro atoms. The van der Waals surface area contributed by atoms with Crippen molar-refractivity contribution in [2.45, 2.75) is 26.2 Å². The Morgan fingerprint density at radius 3 is 2.17 bits per heavy atom. The molecule has 0 N–H and O–H groups in total. The van der Waals surface area contributed by atoms with Gasteiger partial charge in [0.15, 0.2) is 0 Å². The van der Waals surface area contributed by atoms with Gasteiger partial charge in [0.2, 0.25) is 0 Å². The Balaban J connectivity index is 1.94. The van der Waals surface area contributed by atoms with E-state index in [1.54, 1.807) is 19.1 Å². The fraction of sp³-hybridized carbons (Fsp3) is 0.300. The van der Waals surface area contributed by atoms with E-state index >= 15 is 0 Å². The van der Waals surface area contributed by atoms with Crippen LogP contribution < -0.4 is 0 Å². The van der Waals surface area contributed by atoms with Gasteiger partial charge in [-0.25, -0.2) is 4.79 Å². The number of rotatable bonds is 8. The summed E-state index contributed by atoms with van der Waals surface area (Å²) in [7, 11) is 0. The third-order valence-corrected chi connectivity index (χ3v) is 3.73. The van der Waals surface area contributed by atoms with Crippen LogP contribution >= 0.6 is 0 Å². The minimum Gasteiger partial charge on any atom is -0.462 e. The Morgan fingerprint density at radius 2 is 1.57 bits per heavy atom. The number of ketones is 1. The first-order valence-electron chi connectivity index (χ1n) is 7.90. The SMILES string of the molecule is CC(=O)CC[C@H](COC(=O)c1ccccc1)Cc1ccccc1. The Kier molecular flexibility index (Phi) is 6.55. The second kappa shape index (κ2) is 8.89. The summed E-state index contributed by atoms with van der Waals surface area (Å²) in [4.78, 5) is 23.3. The van der Waals surface area contributed by atoms with Crippen molar-refractivity contribution in [1.29, 1.82) is 0 Å². The fourth-order valence-corrected chi connectivity index (χ4v) is 2.45. The molecule has 0 heterocycles. The molecule has 0 saturated carbocycles. The van der Waals surface area contributed by atoms with Crippen molar-refractivity contribution in [2.24, 2.45) is 5.92 Å². The first-order valence-corrected chi connectivity index (χ1v) is 7.90. The standard InChI is InChI=1S/C20H22O3/c1-16(21)12-13-18(14-17-8-4-2-5-9-17)15-23-20(22)19-10-6-3-7-11-19/h2-11,18H,12-15H2,1H3/t18-/m0/s1. The van der Waals surface area contributed by atoms with Crippen molar-refractivity contribution in [1.82, 2.24) is 0 Å². The summed E-state index contributed by atoms with van der Waals surface area (Å²) in [5.74, 6) is -0.00195. The average Bonchev–Trinajstić information content (AvgIpc) is 2.58. The minimum atomic E-state index is -0.313. The Bertz CT molecular complexity index is 620. The summed E-state index contributed by atoms with van der Waals surface area (Å²) in [5.41, 5.74) is 1.74. The normalized spacial score (nSPS) is 11.7. The predicted octanol–water partition coefficient (Wildman–Crippen LogP) is 4.07. The van der Waals surface area contributed by atoms with Gasteiger partial charge in [-0.05, 0) is 43.4 Å². The van der Waals surface area contributed by atoms with E-state index in [2.05, 4.69) is 12.1 Å². The summed E-state index contributed by atoms with van der Waals surface area (Å²) in [6.45, 7) is 1.92. The lowest BCUT2D eigenvalue weighted by Gasteiger charge is -2.16. The van der Waals surface area contributed by atoms with Crippen molar-refractivity contribution >= 4 is 11.8 Å². The maximum atomic E-state index is 12.1. The zero-order chi connectivity index (χ0) is 16.5. The van der Waals surface area contributed by atoms with E-state index in [1.165, 1.54) is 5.56 Å². The molecular weight excluding hydrogens is 288 g/mol. The maximum absolute atomic E-state index is 12.1. The van der Waals surface area contributed by atoms with Crippen LogP contribution in [0, 0.1) is 5.92 Å². The minimum absolute atomic E-state index is 0.147. The van der Waals surface area contributed by atoms with E-state index in [0.29, 0.717) is 18.6 Å². The van der Waals surface area contributed by atoms with Crippen LogP contribution in [0.3, 0.4) is 0 Å². The number of ether oxygens (including phenoxy) is 1. The van der Waals surface area contributed by atoms with Crippen LogP contribution in [-0.2, 0) is 16.0 Å². The van der Waals surface area contributed by atoms with Crippen molar-refractivity contribution in [3.8, 4) is 0 Å². The second-order valence-corrected chi connectivity index (χ2v) is 5.76. The lowest BCUT2D eigenvalue weighted by Crippen LogP contribution is -2.17. The summed E-state index contributed by atoms with van der Waals surface area (Å²) >= 11 is 0. The van der Waals surface area contributed by atoms with E-state index in [9.17, 15) is 9.59 Å². The van der Waals surface area contributed by atoms with Gasteiger partial charge in [0.05, 0.1) is 12.2 Å².